The number of anilines is 3. The lowest BCUT2D eigenvalue weighted by atomic mass is 9.86. The molecule has 0 aromatic heterocycles. The Bertz CT molecular complexity index is 3110. The van der Waals surface area contributed by atoms with Crippen molar-refractivity contribution in [1.29, 1.82) is 0 Å². The van der Waals surface area contributed by atoms with Crippen LogP contribution >= 0.6 is 11.8 Å². The fourth-order valence-corrected chi connectivity index (χ4v) is 10.0. The van der Waals surface area contributed by atoms with Crippen molar-refractivity contribution in [3.8, 4) is 77.9 Å². The SMILES string of the molecule is c1ccc(-c2ccc(N(c3ccc(-c4ccccc4)cc3)c3ccccc3-c3ccc4c(c3)-c3ccccc3-c3ccccc3-c3ccccc3-c3ccccc3S4)cc2)cc1. The zero-order valence-electron chi connectivity index (χ0n) is 34.0. The average Bonchev–Trinajstić information content (AvgIpc) is 3.37. The van der Waals surface area contributed by atoms with Crippen LogP contribution in [0.1, 0.15) is 0 Å². The van der Waals surface area contributed by atoms with Gasteiger partial charge in [0, 0.05) is 26.7 Å². The van der Waals surface area contributed by atoms with Crippen LogP contribution in [0.3, 0.4) is 0 Å². The first-order valence-electron chi connectivity index (χ1n) is 21.2. The summed E-state index contributed by atoms with van der Waals surface area (Å²) >= 11 is 1.85. The number of benzene rings is 10. The third-order valence-electron chi connectivity index (χ3n) is 11.9. The molecule has 1 nitrogen and oxygen atoms in total. The fourth-order valence-electron chi connectivity index (χ4n) is 8.96. The van der Waals surface area contributed by atoms with Crippen LogP contribution in [-0.4, -0.2) is 0 Å². The Morgan fingerprint density at radius 3 is 1.06 bits per heavy atom. The van der Waals surface area contributed by atoms with Gasteiger partial charge in [0.15, 0.2) is 0 Å². The van der Waals surface area contributed by atoms with Gasteiger partial charge in [-0.3, -0.25) is 0 Å². The Kier molecular flexibility index (Phi) is 9.90. The number of hydrogen-bond acceptors (Lipinski definition) is 2. The standard InChI is InChI=1S/C60H41NS/c1-3-17-42(18-4-1)44-31-36-47(37-32-44)61(48-38-33-45(34-39-48)43-19-5-2-6-20-43)58-29-15-13-21-49(58)46-35-40-60-57(41-46)55-27-12-10-25-53(55)51-23-8-7-22-50(51)52-24-9-11-26-54(52)56-28-14-16-30-59(56)62-60/h1-41H. The van der Waals surface area contributed by atoms with E-state index in [0.717, 1.165) is 28.2 Å². The second-order valence-corrected chi connectivity index (χ2v) is 16.7. The van der Waals surface area contributed by atoms with Crippen LogP contribution in [-0.2, 0) is 0 Å². The molecule has 0 N–H and O–H groups in total. The van der Waals surface area contributed by atoms with E-state index in [1.807, 2.05) is 11.8 Å². The van der Waals surface area contributed by atoms with Gasteiger partial charge in [0.2, 0.25) is 0 Å². The summed E-state index contributed by atoms with van der Waals surface area (Å²) in [5.74, 6) is 0. The van der Waals surface area contributed by atoms with Gasteiger partial charge >= 0.3 is 0 Å². The van der Waals surface area contributed by atoms with E-state index in [1.165, 1.54) is 76.6 Å². The highest BCUT2D eigenvalue weighted by atomic mass is 32.2. The van der Waals surface area contributed by atoms with Crippen LogP contribution in [0, 0.1) is 0 Å². The molecule has 0 unspecified atom stereocenters. The molecule has 1 heterocycles. The van der Waals surface area contributed by atoms with E-state index in [9.17, 15) is 0 Å². The molecule has 292 valence electrons. The zero-order valence-corrected chi connectivity index (χ0v) is 34.8. The number of nitrogens with zero attached hydrogens (tertiary/aromatic N) is 1. The van der Waals surface area contributed by atoms with Crippen LogP contribution in [0.25, 0.3) is 77.9 Å². The van der Waals surface area contributed by atoms with Crippen molar-refractivity contribution in [1.82, 2.24) is 0 Å². The van der Waals surface area contributed by atoms with Crippen LogP contribution in [0.5, 0.6) is 0 Å². The normalized spacial score (nSPS) is 11.5. The van der Waals surface area contributed by atoms with Gasteiger partial charge < -0.3 is 4.90 Å². The molecule has 0 saturated heterocycles. The highest BCUT2D eigenvalue weighted by Crippen LogP contribution is 2.50. The van der Waals surface area contributed by atoms with Crippen LogP contribution in [0.4, 0.5) is 17.1 Å². The summed E-state index contributed by atoms with van der Waals surface area (Å²) in [6.07, 6.45) is 0. The number of rotatable bonds is 6. The van der Waals surface area contributed by atoms with Crippen molar-refractivity contribution in [3.63, 3.8) is 0 Å². The molecule has 0 radical (unpaired) electrons. The Labute approximate surface area is 368 Å². The maximum Gasteiger partial charge on any atom is 0.0540 e. The van der Waals surface area contributed by atoms with E-state index in [4.69, 9.17) is 0 Å². The van der Waals surface area contributed by atoms with Crippen molar-refractivity contribution >= 4 is 28.8 Å². The third kappa shape index (κ3) is 7.01. The molecule has 11 rings (SSSR count). The second kappa shape index (κ2) is 16.4. The molecule has 0 saturated carbocycles. The van der Waals surface area contributed by atoms with Gasteiger partial charge in [0.05, 0.1) is 5.69 Å². The van der Waals surface area contributed by atoms with E-state index in [0.29, 0.717) is 0 Å². The van der Waals surface area contributed by atoms with Gasteiger partial charge in [-0.25, -0.2) is 0 Å². The van der Waals surface area contributed by atoms with Crippen molar-refractivity contribution in [2.24, 2.45) is 0 Å². The first-order chi connectivity index (χ1) is 30.8. The molecule has 0 fully saturated rings. The molecule has 0 amide bonds. The first-order valence-corrected chi connectivity index (χ1v) is 22.0. The second-order valence-electron chi connectivity index (χ2n) is 15.6. The molecule has 10 aromatic carbocycles. The predicted molar refractivity (Wildman–Crippen MR) is 263 cm³/mol. The van der Waals surface area contributed by atoms with Crippen molar-refractivity contribution in [2.45, 2.75) is 9.79 Å². The van der Waals surface area contributed by atoms with Crippen molar-refractivity contribution in [2.75, 3.05) is 4.90 Å². The lowest BCUT2D eigenvalue weighted by Gasteiger charge is -2.28. The lowest BCUT2D eigenvalue weighted by molar-refractivity contribution is 1.28. The molecule has 0 spiro atoms. The summed E-state index contributed by atoms with van der Waals surface area (Å²) in [4.78, 5) is 4.85. The minimum Gasteiger partial charge on any atom is -0.310 e. The molecule has 1 aliphatic heterocycles. The van der Waals surface area contributed by atoms with Crippen molar-refractivity contribution in [3.05, 3.63) is 249 Å². The average molecular weight is 808 g/mol. The monoisotopic (exact) mass is 807 g/mol. The highest BCUT2D eigenvalue weighted by Gasteiger charge is 2.23. The summed E-state index contributed by atoms with van der Waals surface area (Å²) in [5.41, 5.74) is 20.2. The number of fused-ring (bicyclic) bond motifs is 9. The number of para-hydroxylation sites is 1. The molecule has 62 heavy (non-hydrogen) atoms. The van der Waals surface area contributed by atoms with Gasteiger partial charge in [-0.2, -0.15) is 0 Å². The van der Waals surface area contributed by atoms with Gasteiger partial charge in [0.25, 0.3) is 0 Å². The highest BCUT2D eigenvalue weighted by molar-refractivity contribution is 7.99. The maximum absolute atomic E-state index is 2.42. The van der Waals surface area contributed by atoms with Gasteiger partial charge in [-0.1, -0.05) is 212 Å². The van der Waals surface area contributed by atoms with E-state index < -0.39 is 0 Å². The Hall–Kier alpha value is -7.65. The van der Waals surface area contributed by atoms with Gasteiger partial charge in [-0.05, 0) is 121 Å². The largest absolute Gasteiger partial charge is 0.310 e. The molecular weight excluding hydrogens is 767 g/mol. The zero-order chi connectivity index (χ0) is 41.2. The van der Waals surface area contributed by atoms with E-state index in [-0.39, 0.29) is 0 Å². The summed E-state index contributed by atoms with van der Waals surface area (Å²) in [5, 5.41) is 0. The quantitative estimate of drug-likeness (QED) is 0.165. The molecule has 0 atom stereocenters. The lowest BCUT2D eigenvalue weighted by Crippen LogP contribution is -2.11. The Morgan fingerprint density at radius 1 is 0.226 bits per heavy atom. The molecule has 0 aliphatic carbocycles. The third-order valence-corrected chi connectivity index (χ3v) is 13.1. The molecule has 10 aromatic rings. The van der Waals surface area contributed by atoms with E-state index in [1.54, 1.807) is 0 Å². The summed E-state index contributed by atoms with van der Waals surface area (Å²) in [6, 6.07) is 90.6. The van der Waals surface area contributed by atoms with E-state index in [2.05, 4.69) is 254 Å². The Morgan fingerprint density at radius 2 is 0.565 bits per heavy atom. The maximum atomic E-state index is 2.42. The minimum absolute atomic E-state index is 1.09. The molecule has 2 heteroatoms. The van der Waals surface area contributed by atoms with Crippen LogP contribution in [0.15, 0.2) is 259 Å². The van der Waals surface area contributed by atoms with Gasteiger partial charge in [-0.15, -0.1) is 0 Å². The Balaban J connectivity index is 1.10. The summed E-state index contributed by atoms with van der Waals surface area (Å²) in [6.45, 7) is 0. The summed E-state index contributed by atoms with van der Waals surface area (Å²) < 4.78 is 0. The molecular formula is C60H41NS. The smallest absolute Gasteiger partial charge is 0.0540 e. The fraction of sp³-hybridized carbons (Fsp3) is 0. The molecule has 1 aliphatic rings. The summed E-state index contributed by atoms with van der Waals surface area (Å²) in [7, 11) is 0. The topological polar surface area (TPSA) is 3.24 Å². The van der Waals surface area contributed by atoms with Gasteiger partial charge in [0.1, 0.15) is 0 Å². The van der Waals surface area contributed by atoms with E-state index >= 15 is 0 Å². The minimum atomic E-state index is 1.09. The number of hydrogen-bond donors (Lipinski definition) is 0. The van der Waals surface area contributed by atoms with Crippen LogP contribution < -0.4 is 4.90 Å². The predicted octanol–water partition coefficient (Wildman–Crippen LogP) is 17.3. The van der Waals surface area contributed by atoms with Crippen LogP contribution in [0.2, 0.25) is 0 Å². The van der Waals surface area contributed by atoms with Crippen molar-refractivity contribution < 1.29 is 0 Å². The first kappa shape index (κ1) is 37.4. The molecule has 0 bridgehead atoms.